The number of fused-ring (bicyclic) bond motifs is 1. The number of anilines is 1. The summed E-state index contributed by atoms with van der Waals surface area (Å²) in [5.74, 6) is 2.42. The monoisotopic (exact) mass is 278 g/mol. The van der Waals surface area contributed by atoms with Crippen molar-refractivity contribution in [2.24, 2.45) is 0 Å². The first-order valence-corrected chi connectivity index (χ1v) is 7.31. The largest absolute Gasteiger partial charge is 0.399 e. The Morgan fingerprint density at radius 1 is 1.26 bits per heavy atom. The topological polar surface area (TPSA) is 56.7 Å². The first kappa shape index (κ1) is 12.5. The summed E-state index contributed by atoms with van der Waals surface area (Å²) >= 11 is 1.54. The number of halogens is 1. The predicted molar refractivity (Wildman–Crippen MR) is 73.3 cm³/mol. The lowest BCUT2D eigenvalue weighted by molar-refractivity contribution is 0.513. The van der Waals surface area contributed by atoms with E-state index >= 15 is 0 Å². The van der Waals surface area contributed by atoms with Gasteiger partial charge in [0.15, 0.2) is 0 Å². The predicted octanol–water partition coefficient (Wildman–Crippen LogP) is 2.63. The van der Waals surface area contributed by atoms with E-state index in [1.807, 2.05) is 0 Å². The summed E-state index contributed by atoms with van der Waals surface area (Å²) in [6.07, 6.45) is 3.37. The van der Waals surface area contributed by atoms with Crippen molar-refractivity contribution in [3.05, 3.63) is 35.7 Å². The molecule has 4 nitrogen and oxygen atoms in total. The second-order valence-corrected chi connectivity index (χ2v) is 5.70. The molecule has 6 heteroatoms. The molecule has 0 radical (unpaired) electrons. The molecule has 0 atom stereocenters. The van der Waals surface area contributed by atoms with Gasteiger partial charge in [-0.1, -0.05) is 0 Å². The second kappa shape index (κ2) is 5.21. The third-order valence-corrected chi connectivity index (χ3v) is 4.17. The molecule has 0 spiro atoms. The fourth-order valence-corrected chi connectivity index (χ4v) is 3.22. The lowest BCUT2D eigenvalue weighted by Gasteiger charge is -2.14. The number of benzene rings is 1. The zero-order valence-corrected chi connectivity index (χ0v) is 11.3. The summed E-state index contributed by atoms with van der Waals surface area (Å²) in [7, 11) is 0. The van der Waals surface area contributed by atoms with E-state index in [2.05, 4.69) is 14.8 Å². The fourth-order valence-electron chi connectivity index (χ4n) is 2.29. The summed E-state index contributed by atoms with van der Waals surface area (Å²) in [5.41, 5.74) is 6.08. The minimum absolute atomic E-state index is 0.300. The maximum atomic E-state index is 13.2. The Hall–Kier alpha value is -1.56. The summed E-state index contributed by atoms with van der Waals surface area (Å²) in [4.78, 5) is 0.825. The van der Waals surface area contributed by atoms with Gasteiger partial charge in [-0.15, -0.1) is 22.0 Å². The number of nitrogens with two attached hydrogens (primary N) is 1. The van der Waals surface area contributed by atoms with E-state index in [1.165, 1.54) is 36.7 Å². The number of nitrogen functional groups attached to an aromatic ring is 1. The Labute approximate surface area is 115 Å². The lowest BCUT2D eigenvalue weighted by Crippen LogP contribution is -2.12. The molecule has 0 unspecified atom stereocenters. The Bertz CT molecular complexity index is 576. The Morgan fingerprint density at radius 3 is 3.00 bits per heavy atom. The molecular weight excluding hydrogens is 263 g/mol. The third kappa shape index (κ3) is 2.73. The van der Waals surface area contributed by atoms with Crippen molar-refractivity contribution in [1.82, 2.24) is 14.8 Å². The molecule has 0 saturated carbocycles. The second-order valence-electron chi connectivity index (χ2n) is 4.65. The maximum Gasteiger partial charge on any atom is 0.143 e. The van der Waals surface area contributed by atoms with Crippen LogP contribution in [-0.2, 0) is 18.7 Å². The maximum absolute atomic E-state index is 13.2. The summed E-state index contributed by atoms with van der Waals surface area (Å²) < 4.78 is 15.4. The lowest BCUT2D eigenvalue weighted by atomic mass is 10.2. The summed E-state index contributed by atoms with van der Waals surface area (Å²) in [5, 5.41) is 8.43. The van der Waals surface area contributed by atoms with Gasteiger partial charge in [-0.05, 0) is 31.0 Å². The van der Waals surface area contributed by atoms with Crippen molar-refractivity contribution in [3.8, 4) is 0 Å². The van der Waals surface area contributed by atoms with E-state index in [0.717, 1.165) is 29.5 Å². The molecule has 0 saturated heterocycles. The third-order valence-electron chi connectivity index (χ3n) is 3.20. The molecule has 2 heterocycles. The van der Waals surface area contributed by atoms with Gasteiger partial charge in [0.25, 0.3) is 0 Å². The van der Waals surface area contributed by atoms with Crippen LogP contribution in [0, 0.1) is 5.82 Å². The summed E-state index contributed by atoms with van der Waals surface area (Å²) in [6, 6.07) is 4.60. The minimum atomic E-state index is -0.300. The van der Waals surface area contributed by atoms with Crippen molar-refractivity contribution in [3.63, 3.8) is 0 Å². The van der Waals surface area contributed by atoms with Crippen LogP contribution in [0.3, 0.4) is 0 Å². The van der Waals surface area contributed by atoms with Gasteiger partial charge in [0.2, 0.25) is 0 Å². The van der Waals surface area contributed by atoms with Gasteiger partial charge in [0.05, 0.1) is 5.75 Å². The Morgan fingerprint density at radius 2 is 2.16 bits per heavy atom. The molecule has 2 aromatic rings. The Balaban J connectivity index is 1.74. The zero-order chi connectivity index (χ0) is 13.2. The fraction of sp³-hybridized carbons (Fsp3) is 0.385. The first-order valence-electron chi connectivity index (χ1n) is 6.32. The molecule has 1 aromatic heterocycles. The number of aromatic nitrogens is 3. The van der Waals surface area contributed by atoms with E-state index in [9.17, 15) is 4.39 Å². The van der Waals surface area contributed by atoms with Crippen LogP contribution in [0.2, 0.25) is 0 Å². The molecule has 0 aliphatic carbocycles. The molecule has 0 fully saturated rings. The molecule has 3 rings (SSSR count). The van der Waals surface area contributed by atoms with Crippen LogP contribution in [0.15, 0.2) is 23.1 Å². The number of nitrogens with zero attached hydrogens (tertiary/aromatic N) is 3. The number of aryl methyl sites for hydroxylation is 1. The highest BCUT2D eigenvalue weighted by atomic mass is 32.2. The average molecular weight is 278 g/mol. The first-order chi connectivity index (χ1) is 9.22. The van der Waals surface area contributed by atoms with Gasteiger partial charge in [-0.2, -0.15) is 0 Å². The molecule has 19 heavy (non-hydrogen) atoms. The molecule has 0 amide bonds. The standard InChI is InChI=1S/C13H15FN4S/c14-9-5-10(15)7-11(6-9)19-8-13-17-16-12-3-1-2-4-18(12)13/h5-7H,1-4,8,15H2. The van der Waals surface area contributed by atoms with Gasteiger partial charge in [0, 0.05) is 23.5 Å². The molecule has 2 N–H and O–H groups in total. The van der Waals surface area contributed by atoms with E-state index < -0.39 is 0 Å². The van der Waals surface area contributed by atoms with Crippen molar-refractivity contribution >= 4 is 17.4 Å². The highest BCUT2D eigenvalue weighted by Gasteiger charge is 2.15. The summed E-state index contributed by atoms with van der Waals surface area (Å²) in [6.45, 7) is 0.990. The quantitative estimate of drug-likeness (QED) is 0.692. The van der Waals surface area contributed by atoms with Crippen LogP contribution in [0.4, 0.5) is 10.1 Å². The molecule has 0 bridgehead atoms. The molecule has 1 aromatic carbocycles. The molecular formula is C13H15FN4S. The smallest absolute Gasteiger partial charge is 0.143 e. The van der Waals surface area contributed by atoms with Gasteiger partial charge in [-0.3, -0.25) is 0 Å². The van der Waals surface area contributed by atoms with Crippen molar-refractivity contribution in [1.29, 1.82) is 0 Å². The SMILES string of the molecule is Nc1cc(F)cc(SCc2nnc3n2CCCC3)c1. The van der Waals surface area contributed by atoms with Crippen molar-refractivity contribution in [2.45, 2.75) is 36.5 Å². The van der Waals surface area contributed by atoms with Gasteiger partial charge < -0.3 is 10.3 Å². The van der Waals surface area contributed by atoms with E-state index in [0.29, 0.717) is 11.4 Å². The average Bonchev–Trinajstić information content (AvgIpc) is 2.78. The number of thioether (sulfide) groups is 1. The van der Waals surface area contributed by atoms with Crippen molar-refractivity contribution < 1.29 is 4.39 Å². The van der Waals surface area contributed by atoms with Crippen LogP contribution < -0.4 is 5.73 Å². The van der Waals surface area contributed by atoms with E-state index in [1.54, 1.807) is 6.07 Å². The minimum Gasteiger partial charge on any atom is -0.399 e. The van der Waals surface area contributed by atoms with Crippen LogP contribution in [0.5, 0.6) is 0 Å². The number of rotatable bonds is 3. The number of hydrogen-bond donors (Lipinski definition) is 1. The van der Waals surface area contributed by atoms with Crippen molar-refractivity contribution in [2.75, 3.05) is 5.73 Å². The van der Waals surface area contributed by atoms with Gasteiger partial charge in [-0.25, -0.2) is 4.39 Å². The molecule has 1 aliphatic rings. The number of hydrogen-bond acceptors (Lipinski definition) is 4. The molecule has 100 valence electrons. The normalized spacial score (nSPS) is 14.4. The van der Waals surface area contributed by atoms with Crippen LogP contribution in [-0.4, -0.2) is 14.8 Å². The van der Waals surface area contributed by atoms with Gasteiger partial charge in [0.1, 0.15) is 17.5 Å². The van der Waals surface area contributed by atoms with E-state index in [-0.39, 0.29) is 5.82 Å². The highest BCUT2D eigenvalue weighted by molar-refractivity contribution is 7.98. The van der Waals surface area contributed by atoms with Crippen LogP contribution in [0.1, 0.15) is 24.5 Å². The van der Waals surface area contributed by atoms with Gasteiger partial charge >= 0.3 is 0 Å². The zero-order valence-electron chi connectivity index (χ0n) is 10.5. The Kier molecular flexibility index (Phi) is 3.42. The van der Waals surface area contributed by atoms with Crippen LogP contribution in [0.25, 0.3) is 0 Å². The van der Waals surface area contributed by atoms with Crippen LogP contribution >= 0.6 is 11.8 Å². The molecule has 1 aliphatic heterocycles. The highest BCUT2D eigenvalue weighted by Crippen LogP contribution is 2.26. The van der Waals surface area contributed by atoms with E-state index in [4.69, 9.17) is 5.73 Å².